The largest absolute Gasteiger partial charge is 0.398 e. The van der Waals surface area contributed by atoms with E-state index in [0.717, 1.165) is 11.5 Å². The van der Waals surface area contributed by atoms with Crippen LogP contribution in [-0.2, 0) is 8.85 Å². The molecule has 1 fully saturated rings. The van der Waals surface area contributed by atoms with Crippen LogP contribution in [0.1, 0.15) is 13.3 Å². The summed E-state index contributed by atoms with van der Waals surface area (Å²) in [5.41, 5.74) is 0.738. The molecule has 1 saturated carbocycles. The normalized spacial score (nSPS) is 32.4. The second-order valence-electron chi connectivity index (χ2n) is 3.24. The standard InChI is InChI=1S/C7H16O2Si/c1-6-5-7(6)10(4,8-2)9-3/h6-7H,5H2,1-4H3. The zero-order chi connectivity index (χ0) is 7.78. The summed E-state index contributed by atoms with van der Waals surface area (Å²) < 4.78 is 10.8. The van der Waals surface area contributed by atoms with Crippen LogP contribution in [0.2, 0.25) is 12.1 Å². The van der Waals surface area contributed by atoms with E-state index in [0.29, 0.717) is 0 Å². The summed E-state index contributed by atoms with van der Waals surface area (Å²) in [6.07, 6.45) is 1.30. The van der Waals surface area contributed by atoms with Crippen LogP contribution >= 0.6 is 0 Å². The Hall–Kier alpha value is 0.137. The van der Waals surface area contributed by atoms with Gasteiger partial charge in [-0.25, -0.2) is 0 Å². The van der Waals surface area contributed by atoms with Crippen LogP contribution in [0.25, 0.3) is 0 Å². The molecule has 0 aromatic rings. The van der Waals surface area contributed by atoms with Crippen LogP contribution in [0.4, 0.5) is 0 Å². The van der Waals surface area contributed by atoms with E-state index in [9.17, 15) is 0 Å². The average Bonchev–Trinajstić information content (AvgIpc) is 2.66. The van der Waals surface area contributed by atoms with Crippen LogP contribution in [0.15, 0.2) is 0 Å². The van der Waals surface area contributed by atoms with Gasteiger partial charge in [0.25, 0.3) is 0 Å². The van der Waals surface area contributed by atoms with E-state index in [4.69, 9.17) is 8.85 Å². The molecule has 0 spiro atoms. The molecule has 0 radical (unpaired) electrons. The predicted molar refractivity (Wildman–Crippen MR) is 43.2 cm³/mol. The van der Waals surface area contributed by atoms with Crippen LogP contribution in [0, 0.1) is 5.92 Å². The summed E-state index contributed by atoms with van der Waals surface area (Å²) in [6.45, 7) is 4.40. The average molecular weight is 160 g/mol. The summed E-state index contributed by atoms with van der Waals surface area (Å²) in [5.74, 6) is 0.830. The predicted octanol–water partition coefficient (Wildman–Crippen LogP) is 1.76. The van der Waals surface area contributed by atoms with Gasteiger partial charge in [-0.2, -0.15) is 0 Å². The zero-order valence-electron chi connectivity index (χ0n) is 7.18. The lowest BCUT2D eigenvalue weighted by molar-refractivity contribution is 0.246. The second-order valence-corrected chi connectivity index (χ2v) is 6.83. The van der Waals surface area contributed by atoms with E-state index in [-0.39, 0.29) is 0 Å². The molecule has 1 aliphatic carbocycles. The van der Waals surface area contributed by atoms with Crippen LogP contribution in [0.3, 0.4) is 0 Å². The van der Waals surface area contributed by atoms with E-state index < -0.39 is 8.56 Å². The van der Waals surface area contributed by atoms with Gasteiger partial charge in [0.05, 0.1) is 0 Å². The first kappa shape index (κ1) is 8.24. The molecular weight excluding hydrogens is 144 g/mol. The van der Waals surface area contributed by atoms with Crippen LogP contribution in [0.5, 0.6) is 0 Å². The maximum absolute atomic E-state index is 5.40. The molecular formula is C7H16O2Si. The van der Waals surface area contributed by atoms with Crippen molar-refractivity contribution in [1.82, 2.24) is 0 Å². The van der Waals surface area contributed by atoms with Gasteiger partial charge in [-0.1, -0.05) is 6.92 Å². The first-order valence-corrected chi connectivity index (χ1v) is 6.13. The van der Waals surface area contributed by atoms with Crippen LogP contribution in [-0.4, -0.2) is 22.8 Å². The maximum Gasteiger partial charge on any atom is 0.337 e. The molecule has 2 atom stereocenters. The molecule has 10 heavy (non-hydrogen) atoms. The Morgan fingerprint density at radius 3 is 1.80 bits per heavy atom. The van der Waals surface area contributed by atoms with Gasteiger partial charge in [-0.3, -0.25) is 0 Å². The van der Waals surface area contributed by atoms with Crippen molar-refractivity contribution in [1.29, 1.82) is 0 Å². The van der Waals surface area contributed by atoms with Gasteiger partial charge in [0.2, 0.25) is 0 Å². The first-order chi connectivity index (χ1) is 4.64. The minimum atomic E-state index is -1.73. The fourth-order valence-electron chi connectivity index (χ4n) is 1.44. The van der Waals surface area contributed by atoms with Crippen LogP contribution < -0.4 is 0 Å². The lowest BCUT2D eigenvalue weighted by atomic mass is 10.5. The molecule has 0 aromatic heterocycles. The monoisotopic (exact) mass is 160 g/mol. The van der Waals surface area contributed by atoms with Crippen molar-refractivity contribution in [2.45, 2.75) is 25.4 Å². The van der Waals surface area contributed by atoms with Gasteiger partial charge < -0.3 is 8.85 Å². The third-order valence-corrected chi connectivity index (χ3v) is 6.37. The SMILES string of the molecule is CO[Si](C)(OC)C1CC1C. The lowest BCUT2D eigenvalue weighted by Gasteiger charge is -2.22. The Morgan fingerprint density at radius 2 is 1.70 bits per heavy atom. The van der Waals surface area contributed by atoms with Gasteiger partial charge in [0.1, 0.15) is 0 Å². The summed E-state index contributed by atoms with van der Waals surface area (Å²) >= 11 is 0. The molecule has 0 aromatic carbocycles. The molecule has 60 valence electrons. The maximum atomic E-state index is 5.40. The van der Waals surface area contributed by atoms with Gasteiger partial charge >= 0.3 is 8.56 Å². The van der Waals surface area contributed by atoms with Crippen molar-refractivity contribution in [3.8, 4) is 0 Å². The molecule has 2 unspecified atom stereocenters. The van der Waals surface area contributed by atoms with E-state index in [1.165, 1.54) is 6.42 Å². The number of rotatable bonds is 3. The summed E-state index contributed by atoms with van der Waals surface area (Å²) in [4.78, 5) is 0. The first-order valence-electron chi connectivity index (χ1n) is 3.74. The highest BCUT2D eigenvalue weighted by Gasteiger charge is 2.51. The molecule has 2 nitrogen and oxygen atoms in total. The topological polar surface area (TPSA) is 18.5 Å². The highest BCUT2D eigenvalue weighted by molar-refractivity contribution is 6.68. The minimum absolute atomic E-state index is 0.738. The van der Waals surface area contributed by atoms with Gasteiger partial charge in [-0.15, -0.1) is 0 Å². The Morgan fingerprint density at radius 1 is 1.30 bits per heavy atom. The van der Waals surface area contributed by atoms with Crippen molar-refractivity contribution in [3.63, 3.8) is 0 Å². The molecule has 1 aliphatic rings. The summed E-state index contributed by atoms with van der Waals surface area (Å²) in [6, 6.07) is 0. The summed E-state index contributed by atoms with van der Waals surface area (Å²) in [7, 11) is 1.80. The van der Waals surface area contributed by atoms with Crippen molar-refractivity contribution in [3.05, 3.63) is 0 Å². The van der Waals surface area contributed by atoms with E-state index in [2.05, 4.69) is 13.5 Å². The third kappa shape index (κ3) is 1.26. The number of hydrogen-bond donors (Lipinski definition) is 0. The van der Waals surface area contributed by atoms with E-state index in [1.807, 2.05) is 0 Å². The molecule has 0 aliphatic heterocycles. The third-order valence-electron chi connectivity index (χ3n) is 2.59. The molecule has 0 heterocycles. The highest BCUT2D eigenvalue weighted by Crippen LogP contribution is 2.51. The number of hydrogen-bond acceptors (Lipinski definition) is 2. The van der Waals surface area contributed by atoms with Gasteiger partial charge in [-0.05, 0) is 18.9 Å². The van der Waals surface area contributed by atoms with Crippen molar-refractivity contribution in [2.75, 3.05) is 14.2 Å². The van der Waals surface area contributed by atoms with Gasteiger partial charge in [0, 0.05) is 19.8 Å². The van der Waals surface area contributed by atoms with Gasteiger partial charge in [0.15, 0.2) is 0 Å². The molecule has 3 heteroatoms. The Kier molecular flexibility index (Phi) is 2.17. The summed E-state index contributed by atoms with van der Waals surface area (Å²) in [5, 5.41) is 0. The van der Waals surface area contributed by atoms with Crippen molar-refractivity contribution >= 4 is 8.56 Å². The fourth-order valence-corrected chi connectivity index (χ4v) is 4.04. The highest BCUT2D eigenvalue weighted by atomic mass is 28.4. The molecule has 0 bridgehead atoms. The molecule has 0 amide bonds. The quantitative estimate of drug-likeness (QED) is 0.586. The van der Waals surface area contributed by atoms with E-state index >= 15 is 0 Å². The van der Waals surface area contributed by atoms with Crippen molar-refractivity contribution in [2.24, 2.45) is 5.92 Å². The Bertz CT molecular complexity index is 123. The minimum Gasteiger partial charge on any atom is -0.398 e. The van der Waals surface area contributed by atoms with Crippen molar-refractivity contribution < 1.29 is 8.85 Å². The smallest absolute Gasteiger partial charge is 0.337 e. The van der Waals surface area contributed by atoms with E-state index in [1.54, 1.807) is 14.2 Å². The Labute approximate surface area is 63.8 Å². The molecule has 1 rings (SSSR count). The second kappa shape index (κ2) is 2.64. The fraction of sp³-hybridized carbons (Fsp3) is 1.00. The lowest BCUT2D eigenvalue weighted by Crippen LogP contribution is -2.37. The zero-order valence-corrected chi connectivity index (χ0v) is 8.18. The molecule has 0 N–H and O–H groups in total. The molecule has 0 saturated heterocycles. The Balaban J connectivity index is 2.48.